The highest BCUT2D eigenvalue weighted by Crippen LogP contribution is 2.45. The first-order valence-corrected chi connectivity index (χ1v) is 12.2. The van der Waals surface area contributed by atoms with E-state index < -0.39 is 23.1 Å². The third-order valence-corrected chi connectivity index (χ3v) is 7.79. The molecule has 4 rings (SSSR count). The van der Waals surface area contributed by atoms with Gasteiger partial charge in [-0.1, -0.05) is 50.5 Å². The van der Waals surface area contributed by atoms with E-state index in [-0.39, 0.29) is 17.2 Å². The summed E-state index contributed by atoms with van der Waals surface area (Å²) in [6, 6.07) is 8.15. The summed E-state index contributed by atoms with van der Waals surface area (Å²) in [6.07, 6.45) is 3.74. The maximum Gasteiger partial charge on any atom is 0.420 e. The summed E-state index contributed by atoms with van der Waals surface area (Å²) < 4.78 is 48.6. The van der Waals surface area contributed by atoms with Crippen molar-refractivity contribution in [2.24, 2.45) is 11.3 Å². The fraction of sp³-hybridized carbons (Fsp3) is 0.593. The lowest BCUT2D eigenvalue weighted by molar-refractivity contribution is -0.151. The topological polar surface area (TPSA) is 46.5 Å². The minimum atomic E-state index is -4.54. The number of halogens is 3. The van der Waals surface area contributed by atoms with E-state index in [0.29, 0.717) is 37.0 Å². The number of rotatable bonds is 6. The molecule has 33 heavy (non-hydrogen) atoms. The first kappa shape index (κ1) is 23.9. The molecular weight excluding hydrogens is 429 g/mol. The third kappa shape index (κ3) is 5.15. The smallest absolute Gasteiger partial charge is 0.420 e. The Morgan fingerprint density at radius 1 is 1.03 bits per heavy atom. The summed E-state index contributed by atoms with van der Waals surface area (Å²) in [4.78, 5) is 12.0. The van der Waals surface area contributed by atoms with Crippen LogP contribution < -0.4 is 4.74 Å². The van der Waals surface area contributed by atoms with Gasteiger partial charge >= 0.3 is 12.1 Å². The molecule has 0 heterocycles. The zero-order valence-electron chi connectivity index (χ0n) is 19.2. The molecule has 0 amide bonds. The van der Waals surface area contributed by atoms with Crippen LogP contribution in [0.1, 0.15) is 82.3 Å². The molecular formula is C27H33F3O3. The van der Waals surface area contributed by atoms with Crippen molar-refractivity contribution >= 4 is 16.7 Å². The number of hydrogen-bond donors (Lipinski definition) is 1. The molecule has 0 bridgehead atoms. The van der Waals surface area contributed by atoms with Crippen molar-refractivity contribution in [2.45, 2.75) is 89.8 Å². The lowest BCUT2D eigenvalue weighted by Gasteiger charge is -2.33. The van der Waals surface area contributed by atoms with Crippen LogP contribution in [0.2, 0.25) is 0 Å². The number of carboxylic acid groups (broad SMARTS) is 1. The molecule has 2 aliphatic rings. The molecule has 2 saturated carbocycles. The molecule has 6 heteroatoms. The highest BCUT2D eigenvalue weighted by molar-refractivity contribution is 5.91. The van der Waals surface area contributed by atoms with Gasteiger partial charge in [-0.3, -0.25) is 4.79 Å². The first-order chi connectivity index (χ1) is 15.7. The fourth-order valence-electron chi connectivity index (χ4n) is 5.71. The number of ether oxygens (including phenoxy) is 1. The Labute approximate surface area is 193 Å². The van der Waals surface area contributed by atoms with Crippen molar-refractivity contribution in [3.8, 4) is 5.75 Å². The Morgan fingerprint density at radius 2 is 1.73 bits per heavy atom. The summed E-state index contributed by atoms with van der Waals surface area (Å²) in [5.41, 5.74) is -0.720. The minimum Gasteiger partial charge on any atom is -0.490 e. The average Bonchev–Trinajstić information content (AvgIpc) is 2.78. The van der Waals surface area contributed by atoms with Crippen LogP contribution in [-0.4, -0.2) is 17.2 Å². The third-order valence-electron chi connectivity index (χ3n) is 7.79. The zero-order chi connectivity index (χ0) is 23.6. The molecule has 3 nitrogen and oxygen atoms in total. The standard InChI is InChI=1S/C27H33F3O3/c1-18-8-10-20(11-9-18)33-23-13-12-21-19(6-5-7-22(21)24(23)27(28,29)30)14-17-26(25(31)32)15-3-2-4-16-26/h5-7,12-13,18,20H,2-4,8-11,14-17H2,1H3,(H,31,32). The van der Waals surface area contributed by atoms with Gasteiger partial charge in [0.1, 0.15) is 11.3 Å². The highest BCUT2D eigenvalue weighted by atomic mass is 19.4. The van der Waals surface area contributed by atoms with Crippen molar-refractivity contribution in [1.29, 1.82) is 0 Å². The van der Waals surface area contributed by atoms with Crippen LogP contribution in [0, 0.1) is 11.3 Å². The largest absolute Gasteiger partial charge is 0.490 e. The molecule has 2 aromatic carbocycles. The number of aryl methyl sites for hydroxylation is 1. The average molecular weight is 463 g/mol. The zero-order valence-corrected chi connectivity index (χ0v) is 19.2. The fourth-order valence-corrected chi connectivity index (χ4v) is 5.71. The van der Waals surface area contributed by atoms with Crippen LogP contribution in [0.15, 0.2) is 30.3 Å². The van der Waals surface area contributed by atoms with E-state index in [4.69, 9.17) is 4.74 Å². The molecule has 0 spiro atoms. The highest BCUT2D eigenvalue weighted by Gasteiger charge is 2.40. The van der Waals surface area contributed by atoms with Gasteiger partial charge in [0.25, 0.3) is 0 Å². The van der Waals surface area contributed by atoms with Crippen molar-refractivity contribution in [3.63, 3.8) is 0 Å². The van der Waals surface area contributed by atoms with Gasteiger partial charge in [-0.15, -0.1) is 0 Å². The van der Waals surface area contributed by atoms with Crippen LogP contribution in [0.3, 0.4) is 0 Å². The lowest BCUT2D eigenvalue weighted by atomic mass is 9.70. The summed E-state index contributed by atoms with van der Waals surface area (Å²) in [7, 11) is 0. The molecule has 0 aromatic heterocycles. The number of hydrogen-bond acceptors (Lipinski definition) is 2. The maximum atomic E-state index is 14.2. The second-order valence-electron chi connectivity index (χ2n) is 10.1. The Hall–Kier alpha value is -2.24. The van der Waals surface area contributed by atoms with Crippen molar-refractivity contribution in [2.75, 3.05) is 0 Å². The predicted octanol–water partition coefficient (Wildman–Crippen LogP) is 7.78. The molecule has 0 atom stereocenters. The van der Waals surface area contributed by atoms with Crippen molar-refractivity contribution in [1.82, 2.24) is 0 Å². The monoisotopic (exact) mass is 462 g/mol. The summed E-state index contributed by atoms with van der Waals surface area (Å²) in [6.45, 7) is 2.16. The Kier molecular flexibility index (Phi) is 6.92. The quantitative estimate of drug-likeness (QED) is 0.477. The van der Waals surface area contributed by atoms with Gasteiger partial charge in [-0.25, -0.2) is 0 Å². The Bertz CT molecular complexity index is 984. The molecule has 180 valence electrons. The maximum absolute atomic E-state index is 14.2. The van der Waals surface area contributed by atoms with Gasteiger partial charge in [0.2, 0.25) is 0 Å². The molecule has 2 aliphatic carbocycles. The van der Waals surface area contributed by atoms with Gasteiger partial charge < -0.3 is 9.84 Å². The number of carboxylic acids is 1. The number of fused-ring (bicyclic) bond motifs is 1. The molecule has 2 fully saturated rings. The summed E-state index contributed by atoms with van der Waals surface area (Å²) in [5, 5.41) is 10.5. The number of aliphatic carboxylic acids is 1. The van der Waals surface area contributed by atoms with E-state index in [1.54, 1.807) is 12.1 Å². The lowest BCUT2D eigenvalue weighted by Crippen LogP contribution is -2.33. The van der Waals surface area contributed by atoms with Crippen LogP contribution in [-0.2, 0) is 17.4 Å². The molecule has 1 N–H and O–H groups in total. The van der Waals surface area contributed by atoms with E-state index >= 15 is 0 Å². The van der Waals surface area contributed by atoms with E-state index in [2.05, 4.69) is 6.92 Å². The summed E-state index contributed by atoms with van der Waals surface area (Å²) in [5.74, 6) is -0.291. The first-order valence-electron chi connectivity index (χ1n) is 12.2. The van der Waals surface area contributed by atoms with Gasteiger partial charge in [-0.05, 0) is 79.7 Å². The molecule has 0 radical (unpaired) electrons. The van der Waals surface area contributed by atoms with Gasteiger partial charge in [0.15, 0.2) is 0 Å². The SMILES string of the molecule is CC1CCC(Oc2ccc3c(CCC4(C(=O)O)CCCCC4)cccc3c2C(F)(F)F)CC1. The van der Waals surface area contributed by atoms with E-state index in [0.717, 1.165) is 50.5 Å². The molecule has 2 aromatic rings. The van der Waals surface area contributed by atoms with Gasteiger partial charge in [-0.2, -0.15) is 13.2 Å². The van der Waals surface area contributed by atoms with Gasteiger partial charge in [0.05, 0.1) is 11.5 Å². The predicted molar refractivity (Wildman–Crippen MR) is 122 cm³/mol. The second-order valence-corrected chi connectivity index (χ2v) is 10.1. The van der Waals surface area contributed by atoms with Gasteiger partial charge in [0, 0.05) is 0 Å². The molecule has 0 aliphatic heterocycles. The molecule has 0 saturated heterocycles. The molecule has 0 unspecified atom stereocenters. The van der Waals surface area contributed by atoms with Crippen LogP contribution in [0.5, 0.6) is 5.75 Å². The minimum absolute atomic E-state index is 0.0963. The van der Waals surface area contributed by atoms with E-state index in [1.807, 2.05) is 6.07 Å². The van der Waals surface area contributed by atoms with Crippen LogP contribution in [0.25, 0.3) is 10.8 Å². The van der Waals surface area contributed by atoms with E-state index in [1.165, 1.54) is 12.1 Å². The van der Waals surface area contributed by atoms with Crippen molar-refractivity contribution in [3.05, 3.63) is 41.5 Å². The Balaban J connectivity index is 1.65. The summed E-state index contributed by atoms with van der Waals surface area (Å²) >= 11 is 0. The van der Waals surface area contributed by atoms with Crippen LogP contribution in [0.4, 0.5) is 13.2 Å². The number of benzene rings is 2. The van der Waals surface area contributed by atoms with Crippen LogP contribution >= 0.6 is 0 Å². The Morgan fingerprint density at radius 3 is 2.36 bits per heavy atom. The van der Waals surface area contributed by atoms with E-state index in [9.17, 15) is 23.1 Å². The number of carbonyl (C=O) groups is 1. The normalized spacial score (nSPS) is 23.4. The van der Waals surface area contributed by atoms with Crippen molar-refractivity contribution < 1.29 is 27.8 Å². The second kappa shape index (κ2) is 9.55. The number of alkyl halides is 3.